The highest BCUT2D eigenvalue weighted by Gasteiger charge is 2.53. The van der Waals surface area contributed by atoms with Gasteiger partial charge in [-0.3, -0.25) is 0 Å². The Hall–Kier alpha value is 0.354. The second kappa shape index (κ2) is 2.67. The molecule has 1 saturated heterocycles. The molecule has 1 fully saturated rings. The van der Waals surface area contributed by atoms with Crippen LogP contribution in [0.4, 0.5) is 0 Å². The predicted molar refractivity (Wildman–Crippen MR) is 55.9 cm³/mol. The van der Waals surface area contributed by atoms with E-state index in [2.05, 4.69) is 26.9 Å². The minimum atomic E-state index is -2.31. The van der Waals surface area contributed by atoms with Crippen molar-refractivity contribution in [1.29, 1.82) is 0 Å². The zero-order valence-electron chi connectivity index (χ0n) is 8.77. The van der Waals surface area contributed by atoms with Crippen molar-refractivity contribution in [1.82, 2.24) is 0 Å². The van der Waals surface area contributed by atoms with Crippen LogP contribution in [0.25, 0.3) is 0 Å². The van der Waals surface area contributed by atoms with E-state index in [1.165, 1.54) is 6.04 Å². The molecule has 0 aromatic carbocycles. The summed E-state index contributed by atoms with van der Waals surface area (Å²) in [5.41, 5.74) is -0.0851. The summed E-state index contributed by atoms with van der Waals surface area (Å²) in [6.45, 7) is 10.6. The fourth-order valence-corrected chi connectivity index (χ4v) is 8.14. The number of rotatable bonds is 0. The molecule has 12 heavy (non-hydrogen) atoms. The van der Waals surface area contributed by atoms with Crippen molar-refractivity contribution in [2.75, 3.05) is 0 Å². The lowest BCUT2D eigenvalue weighted by Crippen LogP contribution is -2.66. The Bertz CT molecular complexity index is 187. The molecule has 72 valence electrons. The summed E-state index contributed by atoms with van der Waals surface area (Å²) in [6, 6.07) is 1.21. The van der Waals surface area contributed by atoms with Crippen LogP contribution in [0.15, 0.2) is 0 Å². The largest absolute Gasteiger partial charge is 0.413 e. The maximum atomic E-state index is 10.2. The fourth-order valence-electron chi connectivity index (χ4n) is 1.57. The monoisotopic (exact) mass is 204 g/mol. The summed E-state index contributed by atoms with van der Waals surface area (Å²) in [6.07, 6.45) is 1.11. The molecule has 1 heterocycles. The Kier molecular flexibility index (Phi) is 2.32. The van der Waals surface area contributed by atoms with Crippen molar-refractivity contribution in [2.24, 2.45) is 0 Å². The van der Waals surface area contributed by atoms with Crippen molar-refractivity contribution in [3.05, 3.63) is 0 Å². The molecule has 0 saturated carbocycles. The highest BCUT2D eigenvalue weighted by Crippen LogP contribution is 2.36. The van der Waals surface area contributed by atoms with Crippen LogP contribution in [0, 0.1) is 0 Å². The number of hydrogen-bond acceptors (Lipinski definition) is 2. The van der Waals surface area contributed by atoms with Gasteiger partial charge in [0.25, 0.3) is 0 Å². The minimum Gasteiger partial charge on any atom is -0.413 e. The predicted octanol–water partition coefficient (Wildman–Crippen LogP) is 2.04. The molecule has 1 unspecified atom stereocenters. The molecule has 0 spiro atoms. The van der Waals surface area contributed by atoms with Crippen molar-refractivity contribution < 1.29 is 9.22 Å². The molecule has 0 amide bonds. The van der Waals surface area contributed by atoms with Crippen LogP contribution in [0.2, 0.25) is 25.7 Å². The molecular weight excluding hydrogens is 184 g/mol. The Balaban J connectivity index is 2.82. The molecular formula is C8H20O2Si2. The zero-order chi connectivity index (χ0) is 9.62. The van der Waals surface area contributed by atoms with Crippen LogP contribution in [-0.4, -0.2) is 26.1 Å². The molecule has 1 rings (SSSR count). The SMILES string of the molecule is CC1(C)CC[Si](C)(C)[Si](C)(O)O1. The molecule has 0 radical (unpaired) electrons. The second-order valence-electron chi connectivity index (χ2n) is 5.23. The smallest absolute Gasteiger partial charge is 0.310 e. The van der Waals surface area contributed by atoms with Gasteiger partial charge in [-0.1, -0.05) is 19.1 Å². The maximum absolute atomic E-state index is 10.2. The van der Waals surface area contributed by atoms with E-state index < -0.39 is 15.7 Å². The van der Waals surface area contributed by atoms with E-state index in [0.29, 0.717) is 0 Å². The van der Waals surface area contributed by atoms with Crippen LogP contribution in [0.3, 0.4) is 0 Å². The molecule has 0 aromatic rings. The van der Waals surface area contributed by atoms with E-state index in [4.69, 9.17) is 4.43 Å². The molecule has 2 nitrogen and oxygen atoms in total. The third-order valence-corrected chi connectivity index (χ3v) is 16.6. The lowest BCUT2D eigenvalue weighted by atomic mass is 10.1. The highest BCUT2D eigenvalue weighted by molar-refractivity contribution is 7.35. The average molecular weight is 204 g/mol. The van der Waals surface area contributed by atoms with Crippen LogP contribution < -0.4 is 0 Å². The summed E-state index contributed by atoms with van der Waals surface area (Å²) in [5, 5.41) is 0. The van der Waals surface area contributed by atoms with Gasteiger partial charge in [0.15, 0.2) is 0 Å². The van der Waals surface area contributed by atoms with Gasteiger partial charge in [-0.2, -0.15) is 0 Å². The molecule has 0 aromatic heterocycles. The molecule has 0 aliphatic carbocycles. The van der Waals surface area contributed by atoms with Gasteiger partial charge >= 0.3 is 8.08 Å². The van der Waals surface area contributed by atoms with E-state index in [9.17, 15) is 4.80 Å². The van der Waals surface area contributed by atoms with Crippen LogP contribution in [-0.2, 0) is 4.43 Å². The van der Waals surface area contributed by atoms with Gasteiger partial charge in [0.05, 0.1) is 5.60 Å². The van der Waals surface area contributed by atoms with Gasteiger partial charge in [0.1, 0.15) is 7.59 Å². The Labute approximate surface area is 77.0 Å². The Morgan fingerprint density at radius 3 is 2.08 bits per heavy atom. The third kappa shape index (κ3) is 1.81. The lowest BCUT2D eigenvalue weighted by Gasteiger charge is -2.47. The summed E-state index contributed by atoms with van der Waals surface area (Å²) in [7, 11) is -3.75. The van der Waals surface area contributed by atoms with Gasteiger partial charge in [0.2, 0.25) is 0 Å². The maximum Gasteiger partial charge on any atom is 0.310 e. The topological polar surface area (TPSA) is 29.5 Å². The lowest BCUT2D eigenvalue weighted by molar-refractivity contribution is 0.0659. The highest BCUT2D eigenvalue weighted by atomic mass is 29.3. The van der Waals surface area contributed by atoms with E-state index in [1.54, 1.807) is 0 Å². The summed E-state index contributed by atoms with van der Waals surface area (Å²) in [4.78, 5) is 10.2. The first-order valence-corrected chi connectivity index (χ1v) is 11.2. The Morgan fingerprint density at radius 1 is 1.25 bits per heavy atom. The van der Waals surface area contributed by atoms with Crippen molar-refractivity contribution in [3.8, 4) is 0 Å². The van der Waals surface area contributed by atoms with E-state index in [-0.39, 0.29) is 5.60 Å². The average Bonchev–Trinajstić information content (AvgIpc) is 1.79. The quantitative estimate of drug-likeness (QED) is 0.612. The van der Waals surface area contributed by atoms with Crippen molar-refractivity contribution >= 4 is 15.7 Å². The van der Waals surface area contributed by atoms with Gasteiger partial charge < -0.3 is 9.22 Å². The van der Waals surface area contributed by atoms with Crippen LogP contribution in [0.1, 0.15) is 20.3 Å². The molecule has 1 N–H and O–H groups in total. The molecule has 4 heteroatoms. The summed E-state index contributed by atoms with van der Waals surface area (Å²) < 4.78 is 5.83. The molecule has 0 bridgehead atoms. The van der Waals surface area contributed by atoms with Gasteiger partial charge in [-0.05, 0) is 26.8 Å². The van der Waals surface area contributed by atoms with E-state index in [1.807, 2.05) is 6.55 Å². The second-order valence-corrected chi connectivity index (χ2v) is 18.5. The van der Waals surface area contributed by atoms with Gasteiger partial charge in [-0.25, -0.2) is 0 Å². The van der Waals surface area contributed by atoms with Crippen molar-refractivity contribution in [2.45, 2.75) is 51.6 Å². The van der Waals surface area contributed by atoms with Gasteiger partial charge in [-0.15, -0.1) is 0 Å². The fraction of sp³-hybridized carbons (Fsp3) is 1.00. The Morgan fingerprint density at radius 2 is 1.75 bits per heavy atom. The standard InChI is InChI=1S/C8H20O2Si2/c1-8(2)6-7-11(3,4)12(5,9)10-8/h9H,6-7H2,1-5H3. The van der Waals surface area contributed by atoms with Crippen LogP contribution in [0.5, 0.6) is 0 Å². The van der Waals surface area contributed by atoms with E-state index >= 15 is 0 Å². The van der Waals surface area contributed by atoms with Crippen molar-refractivity contribution in [3.63, 3.8) is 0 Å². The van der Waals surface area contributed by atoms with Gasteiger partial charge in [0, 0.05) is 0 Å². The normalized spacial score (nSPS) is 39.5. The van der Waals surface area contributed by atoms with E-state index in [0.717, 1.165) is 6.42 Å². The minimum absolute atomic E-state index is 0.0851. The van der Waals surface area contributed by atoms with Crippen LogP contribution >= 0.6 is 0 Å². The molecule has 1 aliphatic heterocycles. The molecule has 1 atom stereocenters. The number of hydrogen-bond donors (Lipinski definition) is 1. The first-order valence-electron chi connectivity index (χ1n) is 4.59. The first-order chi connectivity index (χ1) is 5.16. The third-order valence-electron chi connectivity index (χ3n) is 3.08. The summed E-state index contributed by atoms with van der Waals surface area (Å²) >= 11 is 0. The first kappa shape index (κ1) is 10.4. The molecule has 1 aliphatic rings. The summed E-state index contributed by atoms with van der Waals surface area (Å²) in [5.74, 6) is 0. The zero-order valence-corrected chi connectivity index (χ0v) is 10.8.